The lowest BCUT2D eigenvalue weighted by molar-refractivity contribution is -0.121. The molecular weight excluding hydrogens is 250 g/mol. The fourth-order valence-electron chi connectivity index (χ4n) is 3.10. The van der Waals surface area contributed by atoms with E-state index < -0.39 is 0 Å². The molecule has 1 amide bonds. The van der Waals surface area contributed by atoms with Gasteiger partial charge in [-0.3, -0.25) is 4.79 Å². The van der Waals surface area contributed by atoms with E-state index in [9.17, 15) is 4.79 Å². The molecule has 1 fully saturated rings. The zero-order chi connectivity index (χ0) is 14.4. The summed E-state index contributed by atoms with van der Waals surface area (Å²) in [6.45, 7) is 5.97. The van der Waals surface area contributed by atoms with Gasteiger partial charge in [-0.15, -0.1) is 0 Å². The lowest BCUT2D eigenvalue weighted by atomic mass is 10.0. The molecule has 1 aliphatic carbocycles. The molecule has 0 aromatic carbocycles. The minimum absolute atomic E-state index is 0.210. The Morgan fingerprint density at radius 3 is 2.90 bits per heavy atom. The van der Waals surface area contributed by atoms with Crippen LogP contribution in [0.15, 0.2) is 6.20 Å². The number of aryl methyl sites for hydroxylation is 1. The van der Waals surface area contributed by atoms with Crippen molar-refractivity contribution in [2.24, 2.45) is 5.92 Å². The van der Waals surface area contributed by atoms with Crippen LogP contribution in [0.25, 0.3) is 0 Å². The van der Waals surface area contributed by atoms with Gasteiger partial charge in [0.15, 0.2) is 0 Å². The summed E-state index contributed by atoms with van der Waals surface area (Å²) in [6.07, 6.45) is 9.62. The molecule has 0 unspecified atom stereocenters. The lowest BCUT2D eigenvalue weighted by Crippen LogP contribution is -2.27. The fourth-order valence-corrected chi connectivity index (χ4v) is 3.10. The second-order valence-corrected chi connectivity index (χ2v) is 5.92. The number of carbonyl (C=O) groups excluding carboxylic acids is 1. The van der Waals surface area contributed by atoms with Crippen LogP contribution in [0.3, 0.4) is 0 Å². The molecular formula is C16H27N3O. The Kier molecular flexibility index (Phi) is 5.62. The highest BCUT2D eigenvalue weighted by Gasteiger charge is 2.18. The molecule has 1 N–H and O–H groups in total. The maximum Gasteiger partial charge on any atom is 0.220 e. The predicted octanol–water partition coefficient (Wildman–Crippen LogP) is 2.84. The molecule has 0 radical (unpaired) electrons. The average molecular weight is 277 g/mol. The SMILES string of the molecule is CCCn1c(C)cnc1CCNC(=O)CC1CCCC1. The van der Waals surface area contributed by atoms with Gasteiger partial charge in [0.05, 0.1) is 0 Å². The zero-order valence-electron chi connectivity index (χ0n) is 12.8. The van der Waals surface area contributed by atoms with Gasteiger partial charge in [0.25, 0.3) is 0 Å². The second-order valence-electron chi connectivity index (χ2n) is 5.92. The van der Waals surface area contributed by atoms with Gasteiger partial charge in [0.2, 0.25) is 5.91 Å². The summed E-state index contributed by atoms with van der Waals surface area (Å²) in [5.74, 6) is 1.92. The Morgan fingerprint density at radius 1 is 1.45 bits per heavy atom. The molecule has 1 aromatic rings. The number of amides is 1. The largest absolute Gasteiger partial charge is 0.356 e. The minimum Gasteiger partial charge on any atom is -0.356 e. The van der Waals surface area contributed by atoms with Crippen molar-refractivity contribution in [2.75, 3.05) is 6.54 Å². The van der Waals surface area contributed by atoms with E-state index >= 15 is 0 Å². The molecule has 20 heavy (non-hydrogen) atoms. The maximum atomic E-state index is 11.9. The topological polar surface area (TPSA) is 46.9 Å². The quantitative estimate of drug-likeness (QED) is 0.833. The first-order valence-electron chi connectivity index (χ1n) is 7.98. The van der Waals surface area contributed by atoms with Gasteiger partial charge < -0.3 is 9.88 Å². The Hall–Kier alpha value is -1.32. The molecule has 0 saturated heterocycles. The highest BCUT2D eigenvalue weighted by molar-refractivity contribution is 5.76. The summed E-state index contributed by atoms with van der Waals surface area (Å²) in [4.78, 5) is 16.3. The zero-order valence-corrected chi connectivity index (χ0v) is 12.8. The van der Waals surface area contributed by atoms with Crippen molar-refractivity contribution in [3.63, 3.8) is 0 Å². The number of hydrogen-bond donors (Lipinski definition) is 1. The van der Waals surface area contributed by atoms with Crippen LogP contribution in [-0.2, 0) is 17.8 Å². The molecule has 0 aliphatic heterocycles. The molecule has 0 spiro atoms. The average Bonchev–Trinajstić information content (AvgIpc) is 3.03. The van der Waals surface area contributed by atoms with Gasteiger partial charge in [-0.05, 0) is 32.1 Å². The van der Waals surface area contributed by atoms with Crippen molar-refractivity contribution in [1.82, 2.24) is 14.9 Å². The third-order valence-corrected chi connectivity index (χ3v) is 4.20. The maximum absolute atomic E-state index is 11.9. The Balaban J connectivity index is 1.73. The molecule has 4 nitrogen and oxygen atoms in total. The van der Waals surface area contributed by atoms with E-state index in [1.165, 1.54) is 31.4 Å². The van der Waals surface area contributed by atoms with Crippen molar-refractivity contribution in [3.05, 3.63) is 17.7 Å². The second kappa shape index (κ2) is 7.46. The number of nitrogens with zero attached hydrogens (tertiary/aromatic N) is 2. The first-order chi connectivity index (χ1) is 9.70. The van der Waals surface area contributed by atoms with Crippen LogP contribution in [0, 0.1) is 12.8 Å². The van der Waals surface area contributed by atoms with E-state index in [0.717, 1.165) is 25.2 Å². The van der Waals surface area contributed by atoms with Crippen molar-refractivity contribution in [1.29, 1.82) is 0 Å². The van der Waals surface area contributed by atoms with E-state index in [2.05, 4.69) is 28.7 Å². The standard InChI is InChI=1S/C16H27N3O/c1-3-10-19-13(2)12-18-15(19)8-9-17-16(20)11-14-6-4-5-7-14/h12,14H,3-11H2,1-2H3,(H,17,20). The first-order valence-corrected chi connectivity index (χ1v) is 7.98. The number of carbonyl (C=O) groups is 1. The van der Waals surface area contributed by atoms with E-state index in [4.69, 9.17) is 0 Å². The van der Waals surface area contributed by atoms with Gasteiger partial charge in [0.1, 0.15) is 5.82 Å². The molecule has 0 atom stereocenters. The number of hydrogen-bond acceptors (Lipinski definition) is 2. The number of imidazole rings is 1. The van der Waals surface area contributed by atoms with E-state index in [1.54, 1.807) is 0 Å². The van der Waals surface area contributed by atoms with Crippen LogP contribution in [0.1, 0.15) is 57.0 Å². The van der Waals surface area contributed by atoms with E-state index in [-0.39, 0.29) is 5.91 Å². The Morgan fingerprint density at radius 2 is 2.20 bits per heavy atom. The third-order valence-electron chi connectivity index (χ3n) is 4.20. The normalized spacial score (nSPS) is 15.7. The lowest BCUT2D eigenvalue weighted by Gasteiger charge is -2.11. The minimum atomic E-state index is 0.210. The van der Waals surface area contributed by atoms with Crippen molar-refractivity contribution < 1.29 is 4.79 Å². The van der Waals surface area contributed by atoms with Gasteiger partial charge in [-0.1, -0.05) is 19.8 Å². The summed E-state index contributed by atoms with van der Waals surface area (Å²) >= 11 is 0. The number of nitrogens with one attached hydrogen (secondary N) is 1. The highest BCUT2D eigenvalue weighted by Crippen LogP contribution is 2.27. The van der Waals surface area contributed by atoms with Crippen LogP contribution in [-0.4, -0.2) is 22.0 Å². The van der Waals surface area contributed by atoms with E-state index in [0.29, 0.717) is 18.9 Å². The van der Waals surface area contributed by atoms with Gasteiger partial charge >= 0.3 is 0 Å². The summed E-state index contributed by atoms with van der Waals surface area (Å²) in [7, 11) is 0. The van der Waals surface area contributed by atoms with Gasteiger partial charge in [0, 0.05) is 37.8 Å². The van der Waals surface area contributed by atoms with E-state index in [1.807, 2.05) is 6.20 Å². The van der Waals surface area contributed by atoms with Crippen LogP contribution in [0.2, 0.25) is 0 Å². The number of rotatable bonds is 7. The molecule has 1 heterocycles. The Bertz CT molecular complexity index is 433. The molecule has 4 heteroatoms. The van der Waals surface area contributed by atoms with Crippen LogP contribution < -0.4 is 5.32 Å². The molecule has 112 valence electrons. The molecule has 1 aromatic heterocycles. The summed E-state index contributed by atoms with van der Waals surface area (Å²) < 4.78 is 2.25. The highest BCUT2D eigenvalue weighted by atomic mass is 16.1. The van der Waals surface area contributed by atoms with Gasteiger partial charge in [-0.2, -0.15) is 0 Å². The summed E-state index contributed by atoms with van der Waals surface area (Å²) in [5.41, 5.74) is 1.21. The first kappa shape index (κ1) is 15.1. The fraction of sp³-hybridized carbons (Fsp3) is 0.750. The van der Waals surface area contributed by atoms with Gasteiger partial charge in [-0.25, -0.2) is 4.98 Å². The van der Waals surface area contributed by atoms with Crippen LogP contribution in [0.5, 0.6) is 0 Å². The van der Waals surface area contributed by atoms with Crippen LogP contribution in [0.4, 0.5) is 0 Å². The number of aromatic nitrogens is 2. The molecule has 2 rings (SSSR count). The predicted molar refractivity (Wildman–Crippen MR) is 80.5 cm³/mol. The Labute approximate surface area is 122 Å². The smallest absolute Gasteiger partial charge is 0.220 e. The molecule has 1 saturated carbocycles. The molecule has 1 aliphatic rings. The summed E-state index contributed by atoms with van der Waals surface area (Å²) in [6, 6.07) is 0. The molecule has 0 bridgehead atoms. The van der Waals surface area contributed by atoms with Crippen LogP contribution >= 0.6 is 0 Å². The van der Waals surface area contributed by atoms with Crippen molar-refractivity contribution >= 4 is 5.91 Å². The van der Waals surface area contributed by atoms with Crippen molar-refractivity contribution in [2.45, 2.75) is 65.3 Å². The summed E-state index contributed by atoms with van der Waals surface area (Å²) in [5, 5.41) is 3.04. The van der Waals surface area contributed by atoms with Crippen molar-refractivity contribution in [3.8, 4) is 0 Å². The monoisotopic (exact) mass is 277 g/mol. The third kappa shape index (κ3) is 4.09.